The second kappa shape index (κ2) is 6.69. The standard InChI is InChI=1S/C17H12ClN5O4/c1-26-16(25)13-12(15(24)11-7-4-8-27-11)14(9-5-2-3-6-10(9)18)23-17(19-13)20-21-22-23/h2-8,14H,1H3,(H,19,20,22)/t14-/m1/s1. The molecular weight excluding hydrogens is 374 g/mol. The fourth-order valence-electron chi connectivity index (χ4n) is 2.91. The van der Waals surface area contributed by atoms with Gasteiger partial charge in [-0.05, 0) is 28.6 Å². The van der Waals surface area contributed by atoms with Crippen molar-refractivity contribution >= 4 is 29.3 Å². The number of hydrogen-bond acceptors (Lipinski definition) is 8. The number of esters is 1. The molecule has 0 saturated carbocycles. The Kier molecular flexibility index (Phi) is 4.21. The van der Waals surface area contributed by atoms with Gasteiger partial charge in [0.1, 0.15) is 11.7 Å². The van der Waals surface area contributed by atoms with Crippen LogP contribution in [0.5, 0.6) is 0 Å². The molecule has 10 heteroatoms. The fraction of sp³-hybridized carbons (Fsp3) is 0.118. The molecule has 0 spiro atoms. The van der Waals surface area contributed by atoms with Crippen molar-refractivity contribution in [3.63, 3.8) is 0 Å². The summed E-state index contributed by atoms with van der Waals surface area (Å²) >= 11 is 6.37. The number of furan rings is 1. The molecule has 9 nitrogen and oxygen atoms in total. The van der Waals surface area contributed by atoms with E-state index < -0.39 is 17.8 Å². The highest BCUT2D eigenvalue weighted by molar-refractivity contribution is 6.31. The van der Waals surface area contributed by atoms with E-state index in [4.69, 9.17) is 20.8 Å². The average Bonchev–Trinajstić information content (AvgIpc) is 3.37. The lowest BCUT2D eigenvalue weighted by Crippen LogP contribution is -2.33. The zero-order valence-corrected chi connectivity index (χ0v) is 14.7. The maximum Gasteiger partial charge on any atom is 0.355 e. The Hall–Kier alpha value is -3.46. The first-order valence-electron chi connectivity index (χ1n) is 7.81. The van der Waals surface area contributed by atoms with E-state index >= 15 is 0 Å². The van der Waals surface area contributed by atoms with Crippen LogP contribution >= 0.6 is 11.6 Å². The van der Waals surface area contributed by atoms with Crippen molar-refractivity contribution in [1.82, 2.24) is 20.2 Å². The van der Waals surface area contributed by atoms with Gasteiger partial charge in [0, 0.05) is 10.6 Å². The summed E-state index contributed by atoms with van der Waals surface area (Å²) in [4.78, 5) is 25.6. The van der Waals surface area contributed by atoms with Crippen molar-refractivity contribution in [1.29, 1.82) is 0 Å². The van der Waals surface area contributed by atoms with E-state index in [2.05, 4.69) is 20.8 Å². The molecule has 1 atom stereocenters. The zero-order chi connectivity index (χ0) is 19.0. The topological polar surface area (TPSA) is 112 Å². The van der Waals surface area contributed by atoms with Crippen LogP contribution in [0.3, 0.4) is 0 Å². The lowest BCUT2D eigenvalue weighted by molar-refractivity contribution is -0.136. The number of tetrazole rings is 1. The molecule has 0 fully saturated rings. The minimum Gasteiger partial charge on any atom is -0.464 e. The van der Waals surface area contributed by atoms with Crippen LogP contribution in [0.15, 0.2) is 58.3 Å². The number of carbonyl (C=O) groups excluding carboxylic acids is 2. The molecule has 0 unspecified atom stereocenters. The van der Waals surface area contributed by atoms with E-state index in [-0.39, 0.29) is 23.0 Å². The van der Waals surface area contributed by atoms with E-state index in [0.717, 1.165) is 0 Å². The third kappa shape index (κ3) is 2.77. The first-order valence-corrected chi connectivity index (χ1v) is 8.19. The highest BCUT2D eigenvalue weighted by Crippen LogP contribution is 2.39. The highest BCUT2D eigenvalue weighted by Gasteiger charge is 2.40. The van der Waals surface area contributed by atoms with Crippen molar-refractivity contribution in [3.8, 4) is 0 Å². The van der Waals surface area contributed by atoms with Gasteiger partial charge in [-0.2, -0.15) is 4.68 Å². The van der Waals surface area contributed by atoms with Crippen molar-refractivity contribution in [3.05, 3.63) is 70.3 Å². The second-order valence-electron chi connectivity index (χ2n) is 5.58. The Morgan fingerprint density at radius 1 is 1.26 bits per heavy atom. The summed E-state index contributed by atoms with van der Waals surface area (Å²) in [5, 5.41) is 14.6. The van der Waals surface area contributed by atoms with Crippen molar-refractivity contribution < 1.29 is 18.7 Å². The molecule has 1 aromatic carbocycles. The molecule has 27 heavy (non-hydrogen) atoms. The number of ketones is 1. The minimum absolute atomic E-state index is 0.0572. The summed E-state index contributed by atoms with van der Waals surface area (Å²) in [5.41, 5.74) is 0.529. The fourth-order valence-corrected chi connectivity index (χ4v) is 3.15. The van der Waals surface area contributed by atoms with Crippen LogP contribution in [0.1, 0.15) is 22.2 Å². The summed E-state index contributed by atoms with van der Waals surface area (Å²) in [7, 11) is 1.22. The van der Waals surface area contributed by atoms with Gasteiger partial charge in [0.2, 0.25) is 11.7 Å². The number of rotatable bonds is 4. The molecule has 0 amide bonds. The summed E-state index contributed by atoms with van der Waals surface area (Å²) < 4.78 is 11.5. The molecule has 0 aliphatic carbocycles. The lowest BCUT2D eigenvalue weighted by atomic mass is 9.91. The number of benzene rings is 1. The molecule has 1 N–H and O–H groups in total. The molecule has 3 heterocycles. The van der Waals surface area contributed by atoms with Crippen LogP contribution in [-0.4, -0.2) is 39.1 Å². The largest absolute Gasteiger partial charge is 0.464 e. The van der Waals surface area contributed by atoms with Gasteiger partial charge < -0.3 is 14.5 Å². The molecule has 3 aromatic rings. The van der Waals surface area contributed by atoms with E-state index in [1.165, 1.54) is 24.1 Å². The molecule has 1 aliphatic heterocycles. The number of halogens is 1. The Morgan fingerprint density at radius 3 is 2.78 bits per heavy atom. The first kappa shape index (κ1) is 17.0. The van der Waals surface area contributed by atoms with Crippen LogP contribution in [0.2, 0.25) is 5.02 Å². The number of methoxy groups -OCH3 is 1. The van der Waals surface area contributed by atoms with Crippen LogP contribution in [0.4, 0.5) is 5.95 Å². The summed E-state index contributed by atoms with van der Waals surface area (Å²) in [6, 6.07) is 9.16. The van der Waals surface area contributed by atoms with Gasteiger partial charge in [0.15, 0.2) is 5.76 Å². The first-order chi connectivity index (χ1) is 13.1. The van der Waals surface area contributed by atoms with Crippen molar-refractivity contribution in [2.24, 2.45) is 0 Å². The van der Waals surface area contributed by atoms with Crippen LogP contribution in [0.25, 0.3) is 0 Å². The number of nitrogens with one attached hydrogen (secondary N) is 1. The van der Waals surface area contributed by atoms with E-state index in [1.54, 1.807) is 30.3 Å². The minimum atomic E-state index is -0.850. The smallest absolute Gasteiger partial charge is 0.355 e. The van der Waals surface area contributed by atoms with Crippen LogP contribution < -0.4 is 5.32 Å². The number of aromatic nitrogens is 4. The van der Waals surface area contributed by atoms with Crippen molar-refractivity contribution in [2.75, 3.05) is 12.4 Å². The number of fused-ring (bicyclic) bond motifs is 1. The highest BCUT2D eigenvalue weighted by atomic mass is 35.5. The molecular formula is C17H12ClN5O4. The Morgan fingerprint density at radius 2 is 2.07 bits per heavy atom. The second-order valence-corrected chi connectivity index (χ2v) is 5.99. The monoisotopic (exact) mass is 385 g/mol. The number of Topliss-reactive ketones (excluding diaryl/α,β-unsaturated/α-hetero) is 1. The third-order valence-corrected chi connectivity index (χ3v) is 4.44. The van der Waals surface area contributed by atoms with Crippen LogP contribution in [-0.2, 0) is 9.53 Å². The van der Waals surface area contributed by atoms with E-state index in [1.807, 2.05) is 0 Å². The molecule has 0 saturated heterocycles. The SMILES string of the molecule is COC(=O)C1=C(C(=O)c2ccco2)[C@@H](c2ccccc2Cl)n2nnnc2N1. The van der Waals surface area contributed by atoms with Gasteiger partial charge in [-0.15, -0.1) is 0 Å². The third-order valence-electron chi connectivity index (χ3n) is 4.10. The van der Waals surface area contributed by atoms with E-state index in [0.29, 0.717) is 10.6 Å². The van der Waals surface area contributed by atoms with Crippen molar-refractivity contribution in [2.45, 2.75) is 6.04 Å². The molecule has 136 valence electrons. The summed E-state index contributed by atoms with van der Waals surface area (Å²) in [5.74, 6) is -1.02. The maximum absolute atomic E-state index is 13.2. The van der Waals surface area contributed by atoms with Gasteiger partial charge >= 0.3 is 5.97 Å². The van der Waals surface area contributed by atoms with Gasteiger partial charge in [-0.3, -0.25) is 4.79 Å². The van der Waals surface area contributed by atoms with Gasteiger partial charge in [0.25, 0.3) is 0 Å². The number of carbonyl (C=O) groups is 2. The Balaban J connectivity index is 1.99. The number of nitrogens with zero attached hydrogens (tertiary/aromatic N) is 4. The normalized spacial score (nSPS) is 15.9. The Bertz CT molecular complexity index is 1060. The molecule has 2 aromatic heterocycles. The number of ether oxygens (including phenoxy) is 1. The maximum atomic E-state index is 13.2. The van der Waals surface area contributed by atoms with Gasteiger partial charge in [-0.25, -0.2) is 4.79 Å². The predicted octanol–water partition coefficient (Wildman–Crippen LogP) is 2.24. The van der Waals surface area contributed by atoms with E-state index in [9.17, 15) is 9.59 Å². The number of hydrogen-bond donors (Lipinski definition) is 1. The average molecular weight is 386 g/mol. The summed E-state index contributed by atoms with van der Waals surface area (Å²) in [6.07, 6.45) is 1.37. The number of anilines is 1. The molecule has 0 radical (unpaired) electrons. The van der Waals surface area contributed by atoms with Crippen LogP contribution in [0, 0.1) is 0 Å². The molecule has 1 aliphatic rings. The predicted molar refractivity (Wildman–Crippen MR) is 93.1 cm³/mol. The molecule has 4 rings (SSSR count). The number of allylic oxidation sites excluding steroid dienone is 1. The van der Waals surface area contributed by atoms with Gasteiger partial charge in [0.05, 0.1) is 18.9 Å². The quantitative estimate of drug-likeness (QED) is 0.537. The lowest BCUT2D eigenvalue weighted by Gasteiger charge is -2.28. The summed E-state index contributed by atoms with van der Waals surface area (Å²) in [6.45, 7) is 0. The molecule has 0 bridgehead atoms. The zero-order valence-electron chi connectivity index (χ0n) is 13.9. The van der Waals surface area contributed by atoms with Gasteiger partial charge in [-0.1, -0.05) is 34.9 Å². The Labute approximate surface area is 157 Å².